The summed E-state index contributed by atoms with van der Waals surface area (Å²) >= 11 is 0. The molecule has 2 heterocycles. The van der Waals surface area contributed by atoms with Crippen molar-refractivity contribution in [1.82, 2.24) is 9.55 Å². The van der Waals surface area contributed by atoms with Crippen LogP contribution in [0.15, 0.2) is 140 Å². The molecule has 0 aliphatic carbocycles. The van der Waals surface area contributed by atoms with E-state index in [4.69, 9.17) is 9.72 Å². The van der Waals surface area contributed by atoms with E-state index in [1.54, 1.807) is 0 Å². The zero-order chi connectivity index (χ0) is 30.4. The summed E-state index contributed by atoms with van der Waals surface area (Å²) in [6.45, 7) is 2.17. The summed E-state index contributed by atoms with van der Waals surface area (Å²) in [5.41, 5.74) is 7.93. The Morgan fingerprint density at radius 3 is 1.85 bits per heavy atom. The minimum Gasteiger partial charge on any atom is -0.453 e. The van der Waals surface area contributed by atoms with Gasteiger partial charge in [-0.25, -0.2) is 4.98 Å². The van der Waals surface area contributed by atoms with Crippen molar-refractivity contribution in [1.29, 1.82) is 0 Å². The maximum absolute atomic E-state index is 6.45. The summed E-state index contributed by atoms with van der Waals surface area (Å²) in [6.07, 6.45) is 0.833. The van der Waals surface area contributed by atoms with Crippen LogP contribution in [0.2, 0.25) is 0 Å². The van der Waals surface area contributed by atoms with E-state index in [0.717, 1.165) is 46.0 Å². The second-order valence-electron chi connectivity index (χ2n) is 12.2. The van der Waals surface area contributed by atoms with Crippen molar-refractivity contribution in [3.05, 3.63) is 145 Å². The lowest BCUT2D eigenvalue weighted by Crippen LogP contribution is -2.07. The lowest BCUT2D eigenvalue weighted by atomic mass is 9.85. The molecule has 0 N–H and O–H groups in total. The second kappa shape index (κ2) is 9.53. The van der Waals surface area contributed by atoms with Crippen molar-refractivity contribution >= 4 is 54.1 Å². The maximum atomic E-state index is 6.45. The highest BCUT2D eigenvalue weighted by molar-refractivity contribution is 6.22. The largest absolute Gasteiger partial charge is 0.453 e. The average molecular weight is 589 g/mol. The normalized spacial score (nSPS) is 12.3. The van der Waals surface area contributed by atoms with Crippen LogP contribution in [0.25, 0.3) is 82.1 Å². The highest BCUT2D eigenvalue weighted by Gasteiger charge is 2.25. The van der Waals surface area contributed by atoms with Crippen molar-refractivity contribution in [2.45, 2.75) is 13.3 Å². The molecule has 216 valence electrons. The van der Waals surface area contributed by atoms with Crippen molar-refractivity contribution in [2.75, 3.05) is 0 Å². The maximum Gasteiger partial charge on any atom is 0.153 e. The molecule has 0 saturated heterocycles. The van der Waals surface area contributed by atoms with Crippen LogP contribution in [0.3, 0.4) is 0 Å². The molecule has 3 heteroatoms. The van der Waals surface area contributed by atoms with Gasteiger partial charge in [0.05, 0.1) is 11.2 Å². The average Bonchev–Trinajstić information content (AvgIpc) is 3.50. The summed E-state index contributed by atoms with van der Waals surface area (Å²) in [5.74, 6) is 2.75. The smallest absolute Gasteiger partial charge is 0.153 e. The van der Waals surface area contributed by atoms with Gasteiger partial charge in [0, 0.05) is 6.42 Å². The first-order valence-electron chi connectivity index (χ1n) is 15.9. The van der Waals surface area contributed by atoms with Gasteiger partial charge in [-0.2, -0.15) is 0 Å². The summed E-state index contributed by atoms with van der Waals surface area (Å²) in [4.78, 5) is 4.97. The molecule has 0 bridgehead atoms. The van der Waals surface area contributed by atoms with Gasteiger partial charge >= 0.3 is 0 Å². The molecule has 1 aliphatic heterocycles. The molecule has 0 atom stereocenters. The van der Waals surface area contributed by atoms with Gasteiger partial charge in [0.15, 0.2) is 11.5 Å². The van der Waals surface area contributed by atoms with E-state index >= 15 is 0 Å². The van der Waals surface area contributed by atoms with E-state index in [1.807, 2.05) is 12.1 Å². The fourth-order valence-corrected chi connectivity index (χ4v) is 7.69. The number of aryl methyl sites for hydroxylation is 1. The Morgan fingerprint density at radius 1 is 0.522 bits per heavy atom. The van der Waals surface area contributed by atoms with E-state index in [1.165, 1.54) is 59.8 Å². The molecule has 0 unspecified atom stereocenters. The van der Waals surface area contributed by atoms with E-state index in [2.05, 4.69) is 139 Å². The Hall–Kier alpha value is -5.93. The molecule has 46 heavy (non-hydrogen) atoms. The number of fused-ring (bicyclic) bond motifs is 7. The van der Waals surface area contributed by atoms with E-state index in [9.17, 15) is 0 Å². The molecule has 0 amide bonds. The van der Waals surface area contributed by atoms with Crippen LogP contribution in [0.1, 0.15) is 12.7 Å². The predicted octanol–water partition coefficient (Wildman–Crippen LogP) is 11.6. The summed E-state index contributed by atoms with van der Waals surface area (Å²) in [6, 6.07) is 50.6. The Balaban J connectivity index is 1.24. The van der Waals surface area contributed by atoms with Gasteiger partial charge in [-0.1, -0.05) is 116 Å². The quantitative estimate of drug-likeness (QED) is 0.152. The topological polar surface area (TPSA) is 27.1 Å². The molecule has 1 aromatic heterocycles. The Morgan fingerprint density at radius 2 is 1.13 bits per heavy atom. The highest BCUT2D eigenvalue weighted by atomic mass is 16.5. The first kappa shape index (κ1) is 25.4. The van der Waals surface area contributed by atoms with Gasteiger partial charge in [-0.05, 0) is 95.7 Å². The van der Waals surface area contributed by atoms with Gasteiger partial charge in [-0.3, -0.25) is 4.57 Å². The van der Waals surface area contributed by atoms with Gasteiger partial charge in [0.2, 0.25) is 0 Å². The van der Waals surface area contributed by atoms with E-state index < -0.39 is 0 Å². The van der Waals surface area contributed by atoms with Crippen LogP contribution < -0.4 is 4.74 Å². The molecule has 10 rings (SSSR count). The molecule has 1 aliphatic rings. The third kappa shape index (κ3) is 3.51. The number of imidazole rings is 1. The van der Waals surface area contributed by atoms with Crippen LogP contribution in [-0.2, 0) is 6.42 Å². The minimum absolute atomic E-state index is 0.833. The van der Waals surface area contributed by atoms with Crippen LogP contribution in [-0.4, -0.2) is 9.55 Å². The molecule has 0 spiro atoms. The zero-order valence-corrected chi connectivity index (χ0v) is 25.3. The highest BCUT2D eigenvalue weighted by Crippen LogP contribution is 2.47. The fraction of sp³-hybridized carbons (Fsp3) is 0.0465. The van der Waals surface area contributed by atoms with Crippen molar-refractivity contribution < 1.29 is 4.74 Å². The lowest BCUT2D eigenvalue weighted by molar-refractivity contribution is 0.474. The Bertz CT molecular complexity index is 2660. The number of aromatic nitrogens is 2. The molecular formula is C43H28N2O. The fourth-order valence-electron chi connectivity index (χ4n) is 7.69. The lowest BCUT2D eigenvalue weighted by Gasteiger charge is -2.23. The molecular weight excluding hydrogens is 560 g/mol. The molecule has 0 fully saturated rings. The van der Waals surface area contributed by atoms with E-state index in [-0.39, 0.29) is 0 Å². The Kier molecular flexibility index (Phi) is 5.26. The summed E-state index contributed by atoms with van der Waals surface area (Å²) < 4.78 is 8.75. The standard InChI is InChI=1S/C43H28N2O/c1-2-40-44-36-16-9-17-39-43(36)45(40)37-25-29(21-23-38(37)46-39)42-34-14-7-5-12-32(34)41(33-13-6-8-15-35(33)42)28-20-22-31-27(24-28)19-18-26-10-3-4-11-30(26)31/h3-25H,2H2,1H3. The summed E-state index contributed by atoms with van der Waals surface area (Å²) in [7, 11) is 0. The predicted molar refractivity (Wildman–Crippen MR) is 191 cm³/mol. The third-order valence-corrected chi connectivity index (χ3v) is 9.70. The number of benzene rings is 8. The van der Waals surface area contributed by atoms with Crippen LogP contribution in [0.4, 0.5) is 0 Å². The van der Waals surface area contributed by atoms with Crippen LogP contribution in [0.5, 0.6) is 11.5 Å². The number of rotatable bonds is 3. The number of ether oxygens (including phenoxy) is 1. The van der Waals surface area contributed by atoms with Crippen LogP contribution in [0, 0.1) is 0 Å². The Labute approximate surface area is 265 Å². The van der Waals surface area contributed by atoms with Crippen molar-refractivity contribution in [2.24, 2.45) is 0 Å². The van der Waals surface area contributed by atoms with Gasteiger partial charge < -0.3 is 4.74 Å². The van der Waals surface area contributed by atoms with Gasteiger partial charge in [-0.15, -0.1) is 0 Å². The SMILES string of the molecule is CCc1nc2cccc3c2n1-c1cc(-c2c4ccccc4c(-c4ccc5c(ccc6ccccc65)c4)c4ccccc24)ccc1O3. The number of hydrogen-bond acceptors (Lipinski definition) is 2. The van der Waals surface area contributed by atoms with Gasteiger partial charge in [0.25, 0.3) is 0 Å². The van der Waals surface area contributed by atoms with Gasteiger partial charge in [0.1, 0.15) is 11.3 Å². The number of hydrogen-bond donors (Lipinski definition) is 0. The first-order valence-corrected chi connectivity index (χ1v) is 15.9. The van der Waals surface area contributed by atoms with Crippen molar-refractivity contribution in [3.8, 4) is 39.4 Å². The minimum atomic E-state index is 0.833. The molecule has 3 nitrogen and oxygen atoms in total. The second-order valence-corrected chi connectivity index (χ2v) is 12.2. The number of para-hydroxylation sites is 1. The summed E-state index contributed by atoms with van der Waals surface area (Å²) in [5, 5.41) is 10.1. The molecule has 0 saturated carbocycles. The molecule has 8 aromatic carbocycles. The molecule has 0 radical (unpaired) electrons. The van der Waals surface area contributed by atoms with Crippen LogP contribution >= 0.6 is 0 Å². The van der Waals surface area contributed by atoms with Crippen molar-refractivity contribution in [3.63, 3.8) is 0 Å². The molecule has 9 aromatic rings. The first-order chi connectivity index (χ1) is 22.8. The van der Waals surface area contributed by atoms with E-state index in [0.29, 0.717) is 0 Å². The number of nitrogens with zero attached hydrogens (tertiary/aromatic N) is 2. The monoisotopic (exact) mass is 588 g/mol. The zero-order valence-electron chi connectivity index (χ0n) is 25.3. The third-order valence-electron chi connectivity index (χ3n) is 9.70.